The van der Waals surface area contributed by atoms with Gasteiger partial charge in [-0.2, -0.15) is 0 Å². The molecular formula is C76H43N5S3. The number of fused-ring (bicyclic) bond motifs is 18. The summed E-state index contributed by atoms with van der Waals surface area (Å²) < 4.78 is 15.0. The van der Waals surface area contributed by atoms with Crippen molar-refractivity contribution in [3.63, 3.8) is 0 Å². The zero-order valence-corrected chi connectivity index (χ0v) is 47.2. The first kappa shape index (κ1) is 46.4. The fraction of sp³-hybridized carbons (Fsp3) is 0. The summed E-state index contributed by atoms with van der Waals surface area (Å²) in [7, 11) is 0. The summed E-state index contributed by atoms with van der Waals surface area (Å²) in [5, 5.41) is 15.2. The van der Waals surface area contributed by atoms with Crippen molar-refractivity contribution < 1.29 is 0 Å². The molecule has 0 aliphatic carbocycles. The van der Waals surface area contributed by atoms with Crippen molar-refractivity contribution in [3.05, 3.63) is 261 Å². The number of aromatic nitrogens is 5. The summed E-state index contributed by atoms with van der Waals surface area (Å²) in [5.41, 5.74) is 14.8. The molecule has 0 spiro atoms. The van der Waals surface area contributed by atoms with Gasteiger partial charge in [0, 0.05) is 127 Å². The van der Waals surface area contributed by atoms with E-state index in [0.29, 0.717) is 5.82 Å². The maximum Gasteiger partial charge on any atom is 0.160 e. The second-order valence-corrected chi connectivity index (χ2v) is 25.3. The molecule has 8 heteroatoms. The first-order chi connectivity index (χ1) is 41.6. The Labute approximate surface area is 492 Å². The molecule has 84 heavy (non-hydrogen) atoms. The van der Waals surface area contributed by atoms with E-state index >= 15 is 0 Å². The van der Waals surface area contributed by atoms with Gasteiger partial charge in [0.25, 0.3) is 0 Å². The van der Waals surface area contributed by atoms with Crippen LogP contribution in [0.2, 0.25) is 0 Å². The van der Waals surface area contributed by atoms with Crippen LogP contribution in [0.15, 0.2) is 261 Å². The first-order valence-electron chi connectivity index (χ1n) is 28.4. The maximum absolute atomic E-state index is 5.59. The van der Waals surface area contributed by atoms with Gasteiger partial charge in [0.15, 0.2) is 5.82 Å². The third kappa shape index (κ3) is 6.81. The van der Waals surface area contributed by atoms with Gasteiger partial charge < -0.3 is 13.7 Å². The van der Waals surface area contributed by atoms with Gasteiger partial charge in [0.05, 0.1) is 44.5 Å². The number of thiophene rings is 3. The van der Waals surface area contributed by atoms with Crippen molar-refractivity contribution in [2.24, 2.45) is 0 Å². The molecule has 0 saturated heterocycles. The minimum atomic E-state index is 0.654. The topological polar surface area (TPSA) is 40.6 Å². The molecule has 0 fully saturated rings. The van der Waals surface area contributed by atoms with E-state index in [1.807, 2.05) is 34.0 Å². The van der Waals surface area contributed by atoms with Crippen molar-refractivity contribution in [1.29, 1.82) is 0 Å². The summed E-state index contributed by atoms with van der Waals surface area (Å²) >= 11 is 5.58. The smallest absolute Gasteiger partial charge is 0.160 e. The lowest BCUT2D eigenvalue weighted by molar-refractivity contribution is 1.15. The van der Waals surface area contributed by atoms with Crippen LogP contribution in [0.5, 0.6) is 0 Å². The molecule has 0 unspecified atom stereocenters. The van der Waals surface area contributed by atoms with Gasteiger partial charge >= 0.3 is 0 Å². The van der Waals surface area contributed by atoms with Crippen LogP contribution >= 0.6 is 34.0 Å². The number of para-hydroxylation sites is 3. The van der Waals surface area contributed by atoms with E-state index < -0.39 is 0 Å². The Morgan fingerprint density at radius 1 is 0.214 bits per heavy atom. The van der Waals surface area contributed by atoms with Crippen LogP contribution in [0.3, 0.4) is 0 Å². The third-order valence-electron chi connectivity index (χ3n) is 17.4. The summed E-state index contributed by atoms with van der Waals surface area (Å²) in [6.07, 6.45) is 0. The Bertz CT molecular complexity index is 5430. The number of nitrogens with zero attached hydrogens (tertiary/aromatic N) is 5. The summed E-state index contributed by atoms with van der Waals surface area (Å²) in [6.45, 7) is 0. The lowest BCUT2D eigenvalue weighted by Crippen LogP contribution is -2.00. The van der Waals surface area contributed by atoms with E-state index in [4.69, 9.17) is 9.97 Å². The molecule has 0 atom stereocenters. The molecule has 0 bridgehead atoms. The Balaban J connectivity index is 0.813. The highest BCUT2D eigenvalue weighted by Gasteiger charge is 2.22. The van der Waals surface area contributed by atoms with Crippen LogP contribution in [-0.2, 0) is 0 Å². The van der Waals surface area contributed by atoms with Gasteiger partial charge in [-0.1, -0.05) is 146 Å². The van der Waals surface area contributed by atoms with Crippen molar-refractivity contribution in [2.75, 3.05) is 0 Å². The van der Waals surface area contributed by atoms with Crippen LogP contribution in [0.4, 0.5) is 0 Å². The van der Waals surface area contributed by atoms with Crippen LogP contribution < -0.4 is 0 Å². The quantitative estimate of drug-likeness (QED) is 0.166. The number of benzene rings is 12. The fourth-order valence-electron chi connectivity index (χ4n) is 13.7. The normalized spacial score (nSPS) is 12.3. The Morgan fingerprint density at radius 2 is 0.536 bits per heavy atom. The predicted molar refractivity (Wildman–Crippen MR) is 360 cm³/mol. The van der Waals surface area contributed by atoms with Crippen LogP contribution in [0.1, 0.15) is 0 Å². The van der Waals surface area contributed by atoms with E-state index in [9.17, 15) is 0 Å². The molecule has 0 N–H and O–H groups in total. The van der Waals surface area contributed by atoms with Crippen LogP contribution in [-0.4, -0.2) is 23.7 Å². The maximum atomic E-state index is 5.59. The highest BCUT2D eigenvalue weighted by atomic mass is 32.1. The Morgan fingerprint density at radius 3 is 0.917 bits per heavy atom. The van der Waals surface area contributed by atoms with Gasteiger partial charge in [-0.15, -0.1) is 34.0 Å². The molecular weight excluding hydrogens is 1080 g/mol. The SMILES string of the molecule is c1cc(-c2cc(-c3cccc(-n4c5ccccc5c5cc6c(cc54)sc4ccccc46)c3)nc(-c3cccc(-n4c5ccccc5c5cc6c(cc54)sc4ccccc46)c3)n2)cc(-n2c3ccccc3c3cc4c(cc32)sc2ccccc24)c1. The molecule has 0 saturated carbocycles. The molecule has 7 aromatic heterocycles. The summed E-state index contributed by atoms with van der Waals surface area (Å²) in [4.78, 5) is 11.2. The zero-order chi connectivity index (χ0) is 54.7. The van der Waals surface area contributed by atoms with Gasteiger partial charge in [-0.05, 0) is 115 Å². The average Bonchev–Trinajstić information content (AvgIpc) is 2.90. The summed E-state index contributed by atoms with van der Waals surface area (Å²) in [6, 6.07) is 96.0. The lowest BCUT2D eigenvalue weighted by Gasteiger charge is -2.14. The number of rotatable bonds is 6. The third-order valence-corrected chi connectivity index (χ3v) is 20.8. The van der Waals surface area contributed by atoms with E-state index in [0.717, 1.165) is 50.7 Å². The molecule has 19 aromatic rings. The van der Waals surface area contributed by atoms with E-state index in [1.54, 1.807) is 0 Å². The molecule has 7 heterocycles. The highest BCUT2D eigenvalue weighted by Crippen LogP contribution is 2.45. The molecule has 0 aliphatic rings. The molecule has 390 valence electrons. The standard InChI is InChI=1S/C76H43N5S3/c1-7-28-64-50(22-1)56-37-59-53-25-4-10-31-70(53)82-73(59)41-67(56)79(64)47-19-13-16-44(34-47)62-40-63(45-17-14-20-48(35-45)80-65-29-8-2-23-51(65)57-38-60-54-26-5-11-32-71(54)83-74(60)42-68(57)80)78-76(77-62)46-18-15-21-49(36-46)81-66-30-9-3-24-52(66)58-39-61-55-27-6-12-33-72(55)84-75(61)43-69(58)81/h1-43H. The molecule has 0 aliphatic heterocycles. The van der Waals surface area contributed by atoms with E-state index in [-0.39, 0.29) is 0 Å². The molecule has 5 nitrogen and oxygen atoms in total. The number of hydrogen-bond acceptors (Lipinski definition) is 5. The molecule has 0 radical (unpaired) electrons. The van der Waals surface area contributed by atoms with Crippen molar-refractivity contribution in [3.8, 4) is 51.0 Å². The van der Waals surface area contributed by atoms with Gasteiger partial charge in [-0.3, -0.25) is 0 Å². The monoisotopic (exact) mass is 1120 g/mol. The summed E-state index contributed by atoms with van der Waals surface area (Å²) in [5.74, 6) is 0.654. The van der Waals surface area contributed by atoms with Crippen LogP contribution in [0.25, 0.3) is 177 Å². The zero-order valence-electron chi connectivity index (χ0n) is 44.8. The van der Waals surface area contributed by atoms with Crippen molar-refractivity contribution >= 4 is 160 Å². The highest BCUT2D eigenvalue weighted by molar-refractivity contribution is 7.26. The van der Waals surface area contributed by atoms with Gasteiger partial charge in [0.1, 0.15) is 0 Å². The predicted octanol–water partition coefficient (Wildman–Crippen LogP) is 21.9. The minimum absolute atomic E-state index is 0.654. The van der Waals surface area contributed by atoms with Crippen molar-refractivity contribution in [2.45, 2.75) is 0 Å². The molecule has 12 aromatic carbocycles. The fourth-order valence-corrected chi connectivity index (χ4v) is 17.0. The number of hydrogen-bond donors (Lipinski definition) is 0. The molecule has 0 amide bonds. The average molecular weight is 1120 g/mol. The second-order valence-electron chi connectivity index (χ2n) is 22.1. The minimum Gasteiger partial charge on any atom is -0.309 e. The van der Waals surface area contributed by atoms with Crippen LogP contribution in [0, 0.1) is 0 Å². The molecule has 19 rings (SSSR count). The van der Waals surface area contributed by atoms with Gasteiger partial charge in [0.2, 0.25) is 0 Å². The van der Waals surface area contributed by atoms with E-state index in [1.165, 1.54) is 120 Å². The Kier molecular flexibility index (Phi) is 9.75. The first-order valence-corrected chi connectivity index (χ1v) is 30.8. The van der Waals surface area contributed by atoms with Crippen molar-refractivity contribution in [1.82, 2.24) is 23.7 Å². The Hall–Kier alpha value is -10.2. The van der Waals surface area contributed by atoms with E-state index in [2.05, 4.69) is 275 Å². The second kappa shape index (κ2) is 17.6. The lowest BCUT2D eigenvalue weighted by atomic mass is 10.0. The largest absolute Gasteiger partial charge is 0.309 e. The van der Waals surface area contributed by atoms with Gasteiger partial charge in [-0.25, -0.2) is 9.97 Å².